The van der Waals surface area contributed by atoms with Crippen molar-refractivity contribution in [2.45, 2.75) is 0 Å². The molecular weight excluding hydrogens is 208 g/mol. The fraction of sp³-hybridized carbons (Fsp3) is 0.167. The Bertz CT molecular complexity index is 489. The van der Waals surface area contributed by atoms with Gasteiger partial charge in [-0.3, -0.25) is 0 Å². The van der Waals surface area contributed by atoms with Crippen molar-refractivity contribution in [1.29, 1.82) is 0 Å². The average molecular weight is 220 g/mol. The molecule has 0 aliphatic carbocycles. The molecular formula is C12H12O4. The van der Waals surface area contributed by atoms with E-state index in [-0.39, 0.29) is 11.5 Å². The van der Waals surface area contributed by atoms with E-state index in [2.05, 4.69) is 0 Å². The Kier molecular flexibility index (Phi) is 2.48. The van der Waals surface area contributed by atoms with Crippen molar-refractivity contribution in [3.8, 4) is 23.0 Å². The summed E-state index contributed by atoms with van der Waals surface area (Å²) in [5, 5.41) is 20.5. The van der Waals surface area contributed by atoms with E-state index in [1.165, 1.54) is 26.4 Å². The number of aromatic hydroxyl groups is 2. The second-order valence-electron chi connectivity index (χ2n) is 3.39. The van der Waals surface area contributed by atoms with Crippen molar-refractivity contribution in [2.24, 2.45) is 0 Å². The summed E-state index contributed by atoms with van der Waals surface area (Å²) in [6.45, 7) is 0. The quantitative estimate of drug-likeness (QED) is 0.815. The zero-order valence-electron chi connectivity index (χ0n) is 9.02. The maximum Gasteiger partial charge on any atom is 0.130 e. The van der Waals surface area contributed by atoms with Crippen molar-refractivity contribution >= 4 is 10.8 Å². The minimum atomic E-state index is -0.0190. The van der Waals surface area contributed by atoms with Crippen LogP contribution in [-0.2, 0) is 0 Å². The van der Waals surface area contributed by atoms with E-state index in [9.17, 15) is 10.2 Å². The van der Waals surface area contributed by atoms with Gasteiger partial charge in [-0.2, -0.15) is 0 Å². The minimum Gasteiger partial charge on any atom is -0.507 e. The van der Waals surface area contributed by atoms with Gasteiger partial charge in [0.25, 0.3) is 0 Å². The highest BCUT2D eigenvalue weighted by Crippen LogP contribution is 2.38. The van der Waals surface area contributed by atoms with Gasteiger partial charge in [0.1, 0.15) is 23.0 Å². The van der Waals surface area contributed by atoms with Gasteiger partial charge in [-0.05, 0) is 17.5 Å². The van der Waals surface area contributed by atoms with Crippen LogP contribution in [0.15, 0.2) is 24.3 Å². The van der Waals surface area contributed by atoms with Crippen LogP contribution in [-0.4, -0.2) is 24.4 Å². The standard InChI is InChI=1S/C12H12O4/c1-15-8-3-7-4-9(16-2)6-11(14)12(7)10(13)5-8/h3-6,13-14H,1-2H3. The fourth-order valence-corrected chi connectivity index (χ4v) is 1.65. The fourth-order valence-electron chi connectivity index (χ4n) is 1.65. The van der Waals surface area contributed by atoms with Crippen molar-refractivity contribution < 1.29 is 19.7 Å². The van der Waals surface area contributed by atoms with Crippen LogP contribution in [0.2, 0.25) is 0 Å². The Morgan fingerprint density at radius 2 is 1.25 bits per heavy atom. The van der Waals surface area contributed by atoms with Crippen LogP contribution in [0.3, 0.4) is 0 Å². The number of hydrogen-bond donors (Lipinski definition) is 2. The summed E-state index contributed by atoms with van der Waals surface area (Å²) in [5.41, 5.74) is 0. The number of rotatable bonds is 2. The van der Waals surface area contributed by atoms with E-state index < -0.39 is 0 Å². The monoisotopic (exact) mass is 220 g/mol. The lowest BCUT2D eigenvalue weighted by atomic mass is 10.1. The number of methoxy groups -OCH3 is 2. The molecule has 0 saturated carbocycles. The van der Waals surface area contributed by atoms with Gasteiger partial charge in [-0.1, -0.05) is 0 Å². The Labute approximate surface area is 92.7 Å². The summed E-state index contributed by atoms with van der Waals surface area (Å²) in [5.74, 6) is 1.01. The molecule has 4 nitrogen and oxygen atoms in total. The lowest BCUT2D eigenvalue weighted by molar-refractivity contribution is 0.405. The molecule has 0 radical (unpaired) electrons. The number of fused-ring (bicyclic) bond motifs is 1. The molecule has 2 aromatic rings. The van der Waals surface area contributed by atoms with Crippen LogP contribution in [0.4, 0.5) is 0 Å². The van der Waals surface area contributed by atoms with Crippen LogP contribution in [0.25, 0.3) is 10.8 Å². The first-order chi connectivity index (χ1) is 7.65. The van der Waals surface area contributed by atoms with E-state index in [0.29, 0.717) is 22.3 Å². The largest absolute Gasteiger partial charge is 0.507 e. The van der Waals surface area contributed by atoms with E-state index in [4.69, 9.17) is 9.47 Å². The maximum absolute atomic E-state index is 9.75. The van der Waals surface area contributed by atoms with Gasteiger partial charge in [-0.25, -0.2) is 0 Å². The van der Waals surface area contributed by atoms with Crippen LogP contribution in [0.5, 0.6) is 23.0 Å². The average Bonchev–Trinajstić information content (AvgIpc) is 2.27. The second kappa shape index (κ2) is 3.81. The molecule has 2 aromatic carbocycles. The van der Waals surface area contributed by atoms with Crippen LogP contribution in [0, 0.1) is 0 Å². The van der Waals surface area contributed by atoms with Gasteiger partial charge in [0, 0.05) is 12.1 Å². The van der Waals surface area contributed by atoms with Gasteiger partial charge in [0.15, 0.2) is 0 Å². The van der Waals surface area contributed by atoms with E-state index in [0.717, 1.165) is 0 Å². The Hall–Kier alpha value is -2.10. The molecule has 16 heavy (non-hydrogen) atoms. The smallest absolute Gasteiger partial charge is 0.130 e. The molecule has 0 heterocycles. The Balaban J connectivity index is 2.79. The third-order valence-corrected chi connectivity index (χ3v) is 2.43. The van der Waals surface area contributed by atoms with E-state index >= 15 is 0 Å². The molecule has 0 bridgehead atoms. The highest BCUT2D eigenvalue weighted by atomic mass is 16.5. The summed E-state index contributed by atoms with van der Waals surface area (Å²) < 4.78 is 10.1. The molecule has 2 N–H and O–H groups in total. The van der Waals surface area contributed by atoms with Gasteiger partial charge >= 0.3 is 0 Å². The van der Waals surface area contributed by atoms with E-state index in [1.807, 2.05) is 0 Å². The summed E-state index contributed by atoms with van der Waals surface area (Å²) in [6, 6.07) is 6.34. The third kappa shape index (κ3) is 1.58. The molecule has 0 spiro atoms. The normalized spacial score (nSPS) is 10.4. The summed E-state index contributed by atoms with van der Waals surface area (Å²) in [4.78, 5) is 0. The molecule has 0 aromatic heterocycles. The molecule has 0 saturated heterocycles. The van der Waals surface area contributed by atoms with Crippen LogP contribution >= 0.6 is 0 Å². The topological polar surface area (TPSA) is 58.9 Å². The van der Waals surface area contributed by atoms with Crippen molar-refractivity contribution in [2.75, 3.05) is 14.2 Å². The summed E-state index contributed by atoms with van der Waals surface area (Å²) >= 11 is 0. The molecule has 4 heteroatoms. The lowest BCUT2D eigenvalue weighted by Gasteiger charge is -2.09. The molecule has 2 rings (SSSR count). The number of phenolic OH excluding ortho intramolecular Hbond substituents is 2. The van der Waals surface area contributed by atoms with Gasteiger partial charge < -0.3 is 19.7 Å². The number of benzene rings is 2. The number of phenols is 2. The predicted octanol–water partition coefficient (Wildman–Crippen LogP) is 2.27. The molecule has 0 aliphatic heterocycles. The lowest BCUT2D eigenvalue weighted by Crippen LogP contribution is -1.86. The van der Waals surface area contributed by atoms with Gasteiger partial charge in [-0.15, -0.1) is 0 Å². The van der Waals surface area contributed by atoms with Gasteiger partial charge in [0.05, 0.1) is 19.6 Å². The summed E-state index contributed by atoms with van der Waals surface area (Å²) in [7, 11) is 3.03. The maximum atomic E-state index is 9.75. The number of ether oxygens (including phenoxy) is 2. The van der Waals surface area contributed by atoms with Crippen LogP contribution in [0.1, 0.15) is 0 Å². The highest BCUT2D eigenvalue weighted by Gasteiger charge is 2.10. The van der Waals surface area contributed by atoms with Crippen molar-refractivity contribution in [1.82, 2.24) is 0 Å². The Morgan fingerprint density at radius 1 is 0.812 bits per heavy atom. The SMILES string of the molecule is COc1cc(O)c2c(O)cc(OC)cc2c1. The molecule has 0 amide bonds. The van der Waals surface area contributed by atoms with Crippen molar-refractivity contribution in [3.05, 3.63) is 24.3 Å². The molecule has 84 valence electrons. The first-order valence-corrected chi connectivity index (χ1v) is 4.73. The summed E-state index contributed by atoms with van der Waals surface area (Å²) in [6.07, 6.45) is 0. The first-order valence-electron chi connectivity index (χ1n) is 4.73. The third-order valence-electron chi connectivity index (χ3n) is 2.43. The zero-order valence-corrected chi connectivity index (χ0v) is 9.02. The van der Waals surface area contributed by atoms with E-state index in [1.54, 1.807) is 12.1 Å². The molecule has 0 fully saturated rings. The van der Waals surface area contributed by atoms with Crippen LogP contribution < -0.4 is 9.47 Å². The predicted molar refractivity (Wildman–Crippen MR) is 60.4 cm³/mol. The number of hydrogen-bond acceptors (Lipinski definition) is 4. The molecule has 0 aliphatic rings. The zero-order chi connectivity index (χ0) is 11.7. The minimum absolute atomic E-state index is 0.0190. The van der Waals surface area contributed by atoms with Gasteiger partial charge in [0.2, 0.25) is 0 Å². The molecule has 0 unspecified atom stereocenters. The Morgan fingerprint density at radius 3 is 1.62 bits per heavy atom. The molecule has 0 atom stereocenters. The van der Waals surface area contributed by atoms with Crippen molar-refractivity contribution in [3.63, 3.8) is 0 Å². The first kappa shape index (κ1) is 10.4. The highest BCUT2D eigenvalue weighted by molar-refractivity contribution is 5.95. The second-order valence-corrected chi connectivity index (χ2v) is 3.39.